The van der Waals surface area contributed by atoms with Gasteiger partial charge in [-0.25, -0.2) is 9.97 Å². The van der Waals surface area contributed by atoms with E-state index >= 15 is 0 Å². The van der Waals surface area contributed by atoms with Crippen LogP contribution in [0.1, 0.15) is 31.7 Å². The molecule has 0 aliphatic carbocycles. The zero-order chi connectivity index (χ0) is 13.7. The summed E-state index contributed by atoms with van der Waals surface area (Å²) in [5.41, 5.74) is 6.39. The van der Waals surface area contributed by atoms with Crippen molar-refractivity contribution in [1.29, 1.82) is 0 Å². The number of carboxylic acids is 1. The molecule has 0 aromatic carbocycles. The Balaban J connectivity index is 0. The second-order valence-corrected chi connectivity index (χ2v) is 4.08. The monoisotopic (exact) mass is 306 g/mol. The number of hydrogen-bond donors (Lipinski definition) is 4. The average molecular weight is 307 g/mol. The Morgan fingerprint density at radius 1 is 1.35 bits per heavy atom. The van der Waals surface area contributed by atoms with Crippen molar-refractivity contribution in [2.24, 2.45) is 5.73 Å². The molecule has 1 aromatic heterocycles. The van der Waals surface area contributed by atoms with Crippen molar-refractivity contribution in [2.75, 3.05) is 11.9 Å². The Kier molecular flexibility index (Phi) is 9.66. The minimum Gasteiger partial charge on any atom is -0.504 e. The van der Waals surface area contributed by atoms with Crippen molar-refractivity contribution >= 4 is 24.3 Å². The third kappa shape index (κ3) is 6.03. The number of nitrogens with two attached hydrogens (primary N) is 1. The first kappa shape index (κ1) is 20.7. The summed E-state index contributed by atoms with van der Waals surface area (Å²) in [5.74, 6) is -0.484. The van der Waals surface area contributed by atoms with Gasteiger partial charge in [-0.2, -0.15) is 0 Å². The summed E-state index contributed by atoms with van der Waals surface area (Å²) in [6, 6.07) is -0.837. The van der Waals surface area contributed by atoms with E-state index < -0.39 is 12.0 Å². The summed E-state index contributed by atoms with van der Waals surface area (Å²) in [5, 5.41) is 21.1. The number of aliphatic carboxylic acids is 1. The summed E-state index contributed by atoms with van der Waals surface area (Å²) in [7, 11) is 0. The number of aromatic nitrogens is 2. The molecule has 1 aromatic rings. The van der Waals surface area contributed by atoms with Gasteiger partial charge in [-0.1, -0.05) is 7.43 Å². The topological polar surface area (TPSA) is 121 Å². The first-order chi connectivity index (χ1) is 8.41. The van der Waals surface area contributed by atoms with Gasteiger partial charge in [0, 0.05) is 6.54 Å². The number of hydrogen-bond acceptors (Lipinski definition) is 6. The van der Waals surface area contributed by atoms with Crippen molar-refractivity contribution in [1.82, 2.24) is 9.97 Å². The molecule has 5 N–H and O–H groups in total. The Labute approximate surface area is 125 Å². The van der Waals surface area contributed by atoms with Crippen LogP contribution in [0.5, 0.6) is 5.75 Å². The Bertz CT molecular complexity index is 420. The summed E-state index contributed by atoms with van der Waals surface area (Å²) in [4.78, 5) is 18.6. The third-order valence-corrected chi connectivity index (χ3v) is 2.52. The Hall–Kier alpha value is -1.60. The lowest BCUT2D eigenvalue weighted by Crippen LogP contribution is -2.30. The molecule has 0 radical (unpaired) electrons. The molecule has 20 heavy (non-hydrogen) atoms. The van der Waals surface area contributed by atoms with Crippen LogP contribution in [0.4, 0.5) is 5.95 Å². The van der Waals surface area contributed by atoms with Crippen LogP contribution in [0, 0.1) is 13.8 Å². The molecule has 1 heterocycles. The van der Waals surface area contributed by atoms with Crippen LogP contribution >= 0.6 is 12.4 Å². The molecule has 7 nitrogen and oxygen atoms in total. The summed E-state index contributed by atoms with van der Waals surface area (Å²) < 4.78 is 0. The standard InChI is InChI=1S/C11H18N4O3.CH4.ClH/c1-6-9(16)7(2)15-11(14-6)13-5-3-4-8(12)10(17)18;;/h8,16H,3-5,12H2,1-2H3,(H,17,18)(H,13,14,15);1H4;1H/t8-;;/m0../s1. The fraction of sp³-hybridized carbons (Fsp3) is 0.583. The SMILES string of the molecule is C.Cc1nc(NCCC[C@H](N)C(=O)O)nc(C)c1O.Cl. The van der Waals surface area contributed by atoms with Crippen LogP contribution < -0.4 is 11.1 Å². The predicted octanol–water partition coefficient (Wildman–Crippen LogP) is 1.46. The molecule has 8 heteroatoms. The quantitative estimate of drug-likeness (QED) is 0.587. The lowest BCUT2D eigenvalue weighted by atomic mass is 10.2. The molecular weight excluding hydrogens is 284 g/mol. The molecule has 1 atom stereocenters. The molecule has 0 unspecified atom stereocenters. The molecule has 0 aliphatic heterocycles. The lowest BCUT2D eigenvalue weighted by molar-refractivity contribution is -0.138. The Morgan fingerprint density at radius 3 is 2.30 bits per heavy atom. The van der Waals surface area contributed by atoms with Crippen LogP contribution in [-0.4, -0.2) is 38.7 Å². The normalized spacial score (nSPS) is 10.9. The van der Waals surface area contributed by atoms with Crippen LogP contribution in [0.25, 0.3) is 0 Å². The highest BCUT2D eigenvalue weighted by Crippen LogP contribution is 2.18. The van der Waals surface area contributed by atoms with Crippen molar-refractivity contribution in [3.05, 3.63) is 11.4 Å². The highest BCUT2D eigenvalue weighted by molar-refractivity contribution is 5.85. The maximum absolute atomic E-state index is 10.5. The van der Waals surface area contributed by atoms with E-state index in [1.54, 1.807) is 13.8 Å². The number of anilines is 1. The fourth-order valence-electron chi connectivity index (χ4n) is 1.44. The molecule has 1 rings (SSSR count). The van der Waals surface area contributed by atoms with Crippen molar-refractivity contribution in [2.45, 2.75) is 40.2 Å². The number of nitrogens with zero attached hydrogens (tertiary/aromatic N) is 2. The average Bonchev–Trinajstić information content (AvgIpc) is 2.31. The molecule has 0 spiro atoms. The van der Waals surface area contributed by atoms with E-state index in [2.05, 4.69) is 15.3 Å². The van der Waals surface area contributed by atoms with Crippen molar-refractivity contribution in [3.63, 3.8) is 0 Å². The van der Waals surface area contributed by atoms with Gasteiger partial charge in [-0.05, 0) is 26.7 Å². The van der Waals surface area contributed by atoms with E-state index in [1.165, 1.54) is 0 Å². The van der Waals surface area contributed by atoms with E-state index in [9.17, 15) is 9.90 Å². The third-order valence-electron chi connectivity index (χ3n) is 2.52. The van der Waals surface area contributed by atoms with Crippen LogP contribution in [-0.2, 0) is 4.79 Å². The molecule has 0 saturated heterocycles. The number of carboxylic acid groups (broad SMARTS) is 1. The number of aryl methyl sites for hydroxylation is 2. The van der Waals surface area contributed by atoms with E-state index in [4.69, 9.17) is 10.8 Å². The number of carbonyl (C=O) groups is 1. The second kappa shape index (κ2) is 9.33. The number of rotatable bonds is 6. The molecule has 0 bridgehead atoms. The minimum atomic E-state index is -0.998. The van der Waals surface area contributed by atoms with Crippen LogP contribution in [0.15, 0.2) is 0 Å². The van der Waals surface area contributed by atoms with Gasteiger partial charge in [0.25, 0.3) is 0 Å². The lowest BCUT2D eigenvalue weighted by Gasteiger charge is -2.09. The van der Waals surface area contributed by atoms with E-state index in [-0.39, 0.29) is 25.6 Å². The zero-order valence-electron chi connectivity index (χ0n) is 10.9. The summed E-state index contributed by atoms with van der Waals surface area (Å²) >= 11 is 0. The maximum atomic E-state index is 10.5. The van der Waals surface area contributed by atoms with Gasteiger partial charge < -0.3 is 21.3 Å². The highest BCUT2D eigenvalue weighted by Gasteiger charge is 2.10. The summed E-state index contributed by atoms with van der Waals surface area (Å²) in [6.45, 7) is 3.91. The first-order valence-corrected chi connectivity index (χ1v) is 5.68. The van der Waals surface area contributed by atoms with Crippen molar-refractivity contribution in [3.8, 4) is 5.75 Å². The molecule has 0 aliphatic rings. The van der Waals surface area contributed by atoms with E-state index in [1.807, 2.05) is 0 Å². The molecule has 0 fully saturated rings. The van der Waals surface area contributed by atoms with Gasteiger partial charge in [-0.15, -0.1) is 12.4 Å². The van der Waals surface area contributed by atoms with E-state index in [0.717, 1.165) is 0 Å². The van der Waals surface area contributed by atoms with Gasteiger partial charge >= 0.3 is 5.97 Å². The predicted molar refractivity (Wildman–Crippen MR) is 80.5 cm³/mol. The van der Waals surface area contributed by atoms with Gasteiger partial charge in [-0.3, -0.25) is 4.79 Å². The van der Waals surface area contributed by atoms with Gasteiger partial charge in [0.05, 0.1) is 11.4 Å². The summed E-state index contributed by atoms with van der Waals surface area (Å²) in [6.07, 6.45) is 0.994. The minimum absolute atomic E-state index is 0. The molecule has 0 saturated carbocycles. The smallest absolute Gasteiger partial charge is 0.320 e. The Morgan fingerprint density at radius 2 is 1.85 bits per heavy atom. The number of nitrogens with one attached hydrogen (secondary N) is 1. The van der Waals surface area contributed by atoms with Crippen LogP contribution in [0.3, 0.4) is 0 Å². The molecular formula is C12H23ClN4O3. The van der Waals surface area contributed by atoms with Crippen LogP contribution in [0.2, 0.25) is 0 Å². The second-order valence-electron chi connectivity index (χ2n) is 4.08. The first-order valence-electron chi connectivity index (χ1n) is 5.68. The maximum Gasteiger partial charge on any atom is 0.320 e. The van der Waals surface area contributed by atoms with Gasteiger partial charge in [0.2, 0.25) is 5.95 Å². The van der Waals surface area contributed by atoms with Gasteiger partial charge in [0.1, 0.15) is 6.04 Å². The zero-order valence-corrected chi connectivity index (χ0v) is 11.7. The van der Waals surface area contributed by atoms with Crippen molar-refractivity contribution < 1.29 is 15.0 Å². The number of aromatic hydroxyl groups is 1. The van der Waals surface area contributed by atoms with Gasteiger partial charge in [0.15, 0.2) is 5.75 Å². The fourth-order valence-corrected chi connectivity index (χ4v) is 1.44. The molecule has 116 valence electrons. The highest BCUT2D eigenvalue weighted by atomic mass is 35.5. The van der Waals surface area contributed by atoms with E-state index in [0.29, 0.717) is 36.7 Å². The molecule has 0 amide bonds. The number of halogens is 1. The largest absolute Gasteiger partial charge is 0.504 e.